The van der Waals surface area contributed by atoms with Gasteiger partial charge in [-0.25, -0.2) is 0 Å². The molecule has 1 N–H and O–H groups in total. The van der Waals surface area contributed by atoms with Crippen LogP contribution in [0.4, 0.5) is 0 Å². The number of likely N-dealkylation sites (tertiary alicyclic amines) is 1. The number of amides is 1. The van der Waals surface area contributed by atoms with Crippen molar-refractivity contribution in [2.45, 2.75) is 31.6 Å². The Hall–Kier alpha value is -1.62. The molecule has 104 valence electrons. The lowest BCUT2D eigenvalue weighted by Crippen LogP contribution is -2.27. The first kappa shape index (κ1) is 12.1. The molecule has 4 rings (SSSR count). The van der Waals surface area contributed by atoms with Crippen molar-refractivity contribution < 1.29 is 4.79 Å². The summed E-state index contributed by atoms with van der Waals surface area (Å²) in [4.78, 5) is 16.9. The van der Waals surface area contributed by atoms with Crippen LogP contribution in [0.3, 0.4) is 0 Å². The topological polar surface area (TPSA) is 49.0 Å². The van der Waals surface area contributed by atoms with Crippen molar-refractivity contribution in [3.63, 3.8) is 0 Å². The predicted molar refractivity (Wildman–Crippen MR) is 78.2 cm³/mol. The fourth-order valence-corrected chi connectivity index (χ4v) is 4.50. The quantitative estimate of drug-likeness (QED) is 0.923. The van der Waals surface area contributed by atoms with E-state index in [1.165, 1.54) is 16.9 Å². The maximum Gasteiger partial charge on any atom is 0.263 e. The van der Waals surface area contributed by atoms with Crippen molar-refractivity contribution in [1.29, 1.82) is 0 Å². The lowest BCUT2D eigenvalue weighted by atomic mass is 10.1. The van der Waals surface area contributed by atoms with Gasteiger partial charge in [-0.1, -0.05) is 0 Å². The molecule has 0 aromatic carbocycles. The van der Waals surface area contributed by atoms with E-state index in [2.05, 4.69) is 16.3 Å². The summed E-state index contributed by atoms with van der Waals surface area (Å²) in [5.74, 6) is 0.625. The van der Waals surface area contributed by atoms with Crippen molar-refractivity contribution >= 4 is 17.2 Å². The summed E-state index contributed by atoms with van der Waals surface area (Å²) in [6, 6.07) is 4.14. The molecule has 20 heavy (non-hydrogen) atoms. The van der Waals surface area contributed by atoms with Gasteiger partial charge in [-0.2, -0.15) is 5.10 Å². The van der Waals surface area contributed by atoms with Gasteiger partial charge in [0.05, 0.1) is 4.88 Å². The fourth-order valence-electron chi connectivity index (χ4n) is 3.28. The van der Waals surface area contributed by atoms with E-state index in [1.807, 2.05) is 11.0 Å². The van der Waals surface area contributed by atoms with Gasteiger partial charge < -0.3 is 4.90 Å². The van der Waals surface area contributed by atoms with E-state index in [0.717, 1.165) is 42.9 Å². The third-order valence-corrected chi connectivity index (χ3v) is 5.62. The number of thiophene rings is 1. The molecule has 1 fully saturated rings. The highest BCUT2D eigenvalue weighted by molar-refractivity contribution is 7.14. The molecule has 2 aliphatic rings. The summed E-state index contributed by atoms with van der Waals surface area (Å²) in [7, 11) is 0. The highest BCUT2D eigenvalue weighted by Crippen LogP contribution is 2.33. The summed E-state index contributed by atoms with van der Waals surface area (Å²) in [5, 5.41) is 7.03. The molecule has 2 aromatic rings. The Morgan fingerprint density at radius 1 is 1.45 bits per heavy atom. The van der Waals surface area contributed by atoms with E-state index < -0.39 is 0 Å². The van der Waals surface area contributed by atoms with Crippen molar-refractivity contribution in [3.05, 3.63) is 39.3 Å². The summed E-state index contributed by atoms with van der Waals surface area (Å²) in [5.41, 5.74) is 2.55. The van der Waals surface area contributed by atoms with Crippen LogP contribution in [0, 0.1) is 0 Å². The molecule has 3 heterocycles. The van der Waals surface area contributed by atoms with Crippen LogP contribution in [0.5, 0.6) is 0 Å². The Balaban J connectivity index is 1.49. The van der Waals surface area contributed by atoms with Gasteiger partial charge in [-0.15, -0.1) is 11.3 Å². The smallest absolute Gasteiger partial charge is 0.263 e. The van der Waals surface area contributed by atoms with Crippen LogP contribution in [0.2, 0.25) is 0 Å². The van der Waals surface area contributed by atoms with Crippen molar-refractivity contribution in [2.24, 2.45) is 0 Å². The summed E-state index contributed by atoms with van der Waals surface area (Å²) in [6.45, 7) is 1.66. The van der Waals surface area contributed by atoms with E-state index in [-0.39, 0.29) is 5.91 Å². The van der Waals surface area contributed by atoms with E-state index >= 15 is 0 Å². The van der Waals surface area contributed by atoms with Gasteiger partial charge in [0.2, 0.25) is 0 Å². The van der Waals surface area contributed by atoms with Crippen LogP contribution in [0.1, 0.15) is 44.6 Å². The number of nitrogens with one attached hydrogen (secondary N) is 1. The molecule has 4 nitrogen and oxygen atoms in total. The predicted octanol–water partition coefficient (Wildman–Crippen LogP) is 2.59. The van der Waals surface area contributed by atoms with Crippen LogP contribution in [0.25, 0.3) is 0 Å². The van der Waals surface area contributed by atoms with E-state index in [0.29, 0.717) is 5.92 Å². The molecule has 0 spiro atoms. The number of hydrogen-bond acceptors (Lipinski definition) is 3. The van der Waals surface area contributed by atoms with Gasteiger partial charge in [0, 0.05) is 35.8 Å². The van der Waals surface area contributed by atoms with Gasteiger partial charge in [0.1, 0.15) is 0 Å². The zero-order chi connectivity index (χ0) is 13.5. The SMILES string of the molecule is O=C(c1cc2c(s1)CCC2)N1CC[C@H](c2ccn[nH]2)C1. The zero-order valence-electron chi connectivity index (χ0n) is 11.3. The second-order valence-electron chi connectivity index (χ2n) is 5.66. The first-order chi connectivity index (χ1) is 9.81. The lowest BCUT2D eigenvalue weighted by Gasteiger charge is -2.15. The van der Waals surface area contributed by atoms with Crippen LogP contribution in [-0.4, -0.2) is 34.1 Å². The molecule has 1 atom stereocenters. The molecule has 2 aromatic heterocycles. The standard InChI is InChI=1S/C15H17N3OS/c19-15(14-8-10-2-1-3-13(10)20-14)18-7-5-11(9-18)12-4-6-16-17-12/h4,6,8,11H,1-3,5,7,9H2,(H,16,17)/t11-/m0/s1. The summed E-state index contributed by atoms with van der Waals surface area (Å²) >= 11 is 1.70. The van der Waals surface area contributed by atoms with Crippen LogP contribution in [0.15, 0.2) is 18.3 Å². The monoisotopic (exact) mass is 287 g/mol. The number of H-pyrrole nitrogens is 1. The summed E-state index contributed by atoms with van der Waals surface area (Å²) < 4.78 is 0. The minimum absolute atomic E-state index is 0.214. The third kappa shape index (κ3) is 1.97. The second-order valence-corrected chi connectivity index (χ2v) is 6.80. The fraction of sp³-hybridized carbons (Fsp3) is 0.467. The Bertz CT molecular complexity index is 610. The van der Waals surface area contributed by atoms with Crippen LogP contribution in [-0.2, 0) is 12.8 Å². The zero-order valence-corrected chi connectivity index (χ0v) is 12.1. The first-order valence-corrected chi connectivity index (χ1v) is 8.03. The van der Waals surface area contributed by atoms with Gasteiger partial charge in [0.15, 0.2) is 0 Å². The third-order valence-electron chi connectivity index (χ3n) is 4.39. The summed E-state index contributed by atoms with van der Waals surface area (Å²) in [6.07, 6.45) is 6.36. The maximum atomic E-state index is 12.6. The minimum atomic E-state index is 0.214. The highest BCUT2D eigenvalue weighted by Gasteiger charge is 2.30. The number of hydrogen-bond donors (Lipinski definition) is 1. The number of nitrogens with zero attached hydrogens (tertiary/aromatic N) is 2. The Labute approximate surface area is 121 Å². The molecule has 1 aliphatic carbocycles. The Kier molecular flexibility index (Phi) is 2.88. The maximum absolute atomic E-state index is 12.6. The van der Waals surface area contributed by atoms with Gasteiger partial charge in [0.25, 0.3) is 5.91 Å². The number of aryl methyl sites for hydroxylation is 2. The van der Waals surface area contributed by atoms with Gasteiger partial charge >= 0.3 is 0 Å². The Morgan fingerprint density at radius 2 is 2.40 bits per heavy atom. The molecule has 0 unspecified atom stereocenters. The molecule has 0 radical (unpaired) electrons. The number of carbonyl (C=O) groups is 1. The molecule has 1 saturated heterocycles. The number of aromatic amines is 1. The molecule has 0 saturated carbocycles. The van der Waals surface area contributed by atoms with E-state index in [4.69, 9.17) is 0 Å². The number of carbonyl (C=O) groups excluding carboxylic acids is 1. The Morgan fingerprint density at radius 3 is 3.20 bits per heavy atom. The number of rotatable bonds is 2. The number of fused-ring (bicyclic) bond motifs is 1. The van der Waals surface area contributed by atoms with Crippen LogP contribution >= 0.6 is 11.3 Å². The average molecular weight is 287 g/mol. The van der Waals surface area contributed by atoms with Crippen molar-refractivity contribution in [1.82, 2.24) is 15.1 Å². The van der Waals surface area contributed by atoms with E-state index in [1.54, 1.807) is 17.5 Å². The lowest BCUT2D eigenvalue weighted by molar-refractivity contribution is 0.0795. The molecule has 1 amide bonds. The number of aromatic nitrogens is 2. The van der Waals surface area contributed by atoms with Gasteiger partial charge in [-0.05, 0) is 43.4 Å². The molecule has 0 bridgehead atoms. The van der Waals surface area contributed by atoms with Crippen LogP contribution < -0.4 is 0 Å². The average Bonchev–Trinajstić information content (AvgIpc) is 3.19. The minimum Gasteiger partial charge on any atom is -0.337 e. The molecule has 5 heteroatoms. The highest BCUT2D eigenvalue weighted by atomic mass is 32.1. The van der Waals surface area contributed by atoms with Crippen molar-refractivity contribution in [3.8, 4) is 0 Å². The van der Waals surface area contributed by atoms with E-state index in [9.17, 15) is 4.79 Å². The first-order valence-electron chi connectivity index (χ1n) is 7.21. The molecule has 1 aliphatic heterocycles. The normalized spacial score (nSPS) is 21.4. The molecular formula is C15H17N3OS. The largest absolute Gasteiger partial charge is 0.337 e. The van der Waals surface area contributed by atoms with Crippen molar-refractivity contribution in [2.75, 3.05) is 13.1 Å². The van der Waals surface area contributed by atoms with Gasteiger partial charge in [-0.3, -0.25) is 9.89 Å². The molecular weight excluding hydrogens is 270 g/mol. The second kappa shape index (κ2) is 4.74.